The first-order chi connectivity index (χ1) is 9.72. The zero-order valence-corrected chi connectivity index (χ0v) is 12.4. The summed E-state index contributed by atoms with van der Waals surface area (Å²) in [5.74, 6) is 0.204. The van der Waals surface area contributed by atoms with E-state index in [4.69, 9.17) is 4.74 Å². The van der Waals surface area contributed by atoms with E-state index in [2.05, 4.69) is 17.4 Å². The van der Waals surface area contributed by atoms with Gasteiger partial charge in [0.2, 0.25) is 5.91 Å². The maximum Gasteiger partial charge on any atom is 0.232 e. The van der Waals surface area contributed by atoms with Gasteiger partial charge in [-0.05, 0) is 25.5 Å². The molecule has 1 aromatic carbocycles. The predicted molar refractivity (Wildman–Crippen MR) is 79.3 cm³/mol. The van der Waals surface area contributed by atoms with Crippen molar-refractivity contribution in [3.8, 4) is 0 Å². The summed E-state index contributed by atoms with van der Waals surface area (Å²) in [6.45, 7) is 5.51. The third kappa shape index (κ3) is 3.19. The average Bonchev–Trinajstić information content (AvgIpc) is 2.95. The highest BCUT2D eigenvalue weighted by atomic mass is 16.5. The van der Waals surface area contributed by atoms with Crippen molar-refractivity contribution in [2.75, 3.05) is 33.4 Å². The van der Waals surface area contributed by atoms with Crippen LogP contribution in [-0.4, -0.2) is 44.2 Å². The molecule has 1 fully saturated rings. The molecule has 0 aliphatic carbocycles. The molecular weight excluding hydrogens is 252 g/mol. The molecule has 1 heterocycles. The highest BCUT2D eigenvalue weighted by molar-refractivity contribution is 5.83. The fourth-order valence-electron chi connectivity index (χ4n) is 2.85. The van der Waals surface area contributed by atoms with Gasteiger partial charge >= 0.3 is 0 Å². The van der Waals surface area contributed by atoms with E-state index in [1.807, 2.05) is 30.0 Å². The third-order valence-electron chi connectivity index (χ3n) is 4.00. The fraction of sp³-hybridized carbons (Fsp3) is 0.562. The van der Waals surface area contributed by atoms with Gasteiger partial charge in [0.15, 0.2) is 0 Å². The Morgan fingerprint density at radius 3 is 2.70 bits per heavy atom. The van der Waals surface area contributed by atoms with E-state index in [1.165, 1.54) is 5.56 Å². The van der Waals surface area contributed by atoms with Crippen molar-refractivity contribution < 1.29 is 9.53 Å². The number of hydrogen-bond donors (Lipinski definition) is 1. The second-order valence-corrected chi connectivity index (χ2v) is 5.45. The number of hydrogen-bond acceptors (Lipinski definition) is 3. The van der Waals surface area contributed by atoms with E-state index in [1.54, 1.807) is 7.11 Å². The number of nitrogens with one attached hydrogen (secondary N) is 1. The lowest BCUT2D eigenvalue weighted by Gasteiger charge is -2.33. The van der Waals surface area contributed by atoms with E-state index in [0.717, 1.165) is 19.5 Å². The van der Waals surface area contributed by atoms with Gasteiger partial charge in [-0.25, -0.2) is 0 Å². The molecule has 1 atom stereocenters. The van der Waals surface area contributed by atoms with Gasteiger partial charge in [-0.3, -0.25) is 4.79 Å². The van der Waals surface area contributed by atoms with E-state index < -0.39 is 0 Å². The Kier molecular flexibility index (Phi) is 5.15. The van der Waals surface area contributed by atoms with Crippen molar-refractivity contribution >= 4 is 5.91 Å². The van der Waals surface area contributed by atoms with Crippen molar-refractivity contribution in [3.05, 3.63) is 35.9 Å². The fourth-order valence-corrected chi connectivity index (χ4v) is 2.85. The highest BCUT2D eigenvalue weighted by Crippen LogP contribution is 2.29. The first-order valence-electron chi connectivity index (χ1n) is 7.25. The Bertz CT molecular complexity index is 427. The van der Waals surface area contributed by atoms with Gasteiger partial charge in [0, 0.05) is 26.7 Å². The van der Waals surface area contributed by atoms with Crippen molar-refractivity contribution in [1.29, 1.82) is 0 Å². The first kappa shape index (κ1) is 15.0. The molecule has 1 aliphatic rings. The number of nitrogens with zero attached hydrogens (tertiary/aromatic N) is 1. The molecule has 0 saturated carbocycles. The Hall–Kier alpha value is -1.39. The summed E-state index contributed by atoms with van der Waals surface area (Å²) in [5.41, 5.74) is 0.778. The normalized spacial score (nSPS) is 21.9. The van der Waals surface area contributed by atoms with Gasteiger partial charge in [-0.15, -0.1) is 0 Å². The molecular formula is C16H24N2O2. The van der Waals surface area contributed by atoms with Gasteiger partial charge in [-0.1, -0.05) is 30.3 Å². The van der Waals surface area contributed by atoms with Crippen LogP contribution in [0.1, 0.15) is 18.9 Å². The number of methoxy groups -OCH3 is 1. The molecule has 1 unspecified atom stereocenters. The van der Waals surface area contributed by atoms with Gasteiger partial charge in [-0.2, -0.15) is 0 Å². The topological polar surface area (TPSA) is 41.6 Å². The number of amides is 1. The molecule has 1 aliphatic heterocycles. The molecule has 1 aromatic rings. The lowest BCUT2D eigenvalue weighted by atomic mass is 9.86. The largest absolute Gasteiger partial charge is 0.384 e. The highest BCUT2D eigenvalue weighted by Gasteiger charge is 2.43. The van der Waals surface area contributed by atoms with Crippen LogP contribution in [0.4, 0.5) is 0 Å². The molecule has 110 valence electrons. The van der Waals surface area contributed by atoms with Crippen molar-refractivity contribution in [2.24, 2.45) is 5.41 Å². The van der Waals surface area contributed by atoms with E-state index in [9.17, 15) is 4.79 Å². The van der Waals surface area contributed by atoms with Crippen LogP contribution < -0.4 is 5.32 Å². The minimum atomic E-state index is -0.389. The summed E-state index contributed by atoms with van der Waals surface area (Å²) in [5, 5.41) is 3.29. The van der Waals surface area contributed by atoms with Crippen LogP contribution in [0.5, 0.6) is 0 Å². The van der Waals surface area contributed by atoms with Gasteiger partial charge in [0.05, 0.1) is 12.0 Å². The molecule has 0 spiro atoms. The molecule has 20 heavy (non-hydrogen) atoms. The van der Waals surface area contributed by atoms with Crippen LogP contribution >= 0.6 is 0 Å². The Labute approximate surface area is 121 Å². The van der Waals surface area contributed by atoms with Crippen LogP contribution in [0.15, 0.2) is 30.3 Å². The molecule has 0 bridgehead atoms. The maximum absolute atomic E-state index is 12.9. The zero-order valence-electron chi connectivity index (χ0n) is 12.4. The van der Waals surface area contributed by atoms with Crippen molar-refractivity contribution in [1.82, 2.24) is 10.2 Å². The summed E-state index contributed by atoms with van der Waals surface area (Å²) in [6.07, 6.45) is 0.852. The van der Waals surface area contributed by atoms with Gasteiger partial charge in [0.1, 0.15) is 0 Å². The van der Waals surface area contributed by atoms with Crippen LogP contribution in [0.2, 0.25) is 0 Å². The smallest absolute Gasteiger partial charge is 0.232 e. The average molecular weight is 276 g/mol. The summed E-state index contributed by atoms with van der Waals surface area (Å²) in [6, 6.07) is 10.1. The summed E-state index contributed by atoms with van der Waals surface area (Å²) < 4.78 is 5.31. The number of ether oxygens (including phenoxy) is 1. The summed E-state index contributed by atoms with van der Waals surface area (Å²) in [7, 11) is 1.67. The quantitative estimate of drug-likeness (QED) is 0.859. The van der Waals surface area contributed by atoms with Gasteiger partial charge < -0.3 is 15.0 Å². The lowest BCUT2D eigenvalue weighted by Crippen LogP contribution is -2.47. The van der Waals surface area contributed by atoms with Crippen LogP contribution in [0.3, 0.4) is 0 Å². The molecule has 4 nitrogen and oxygen atoms in total. The van der Waals surface area contributed by atoms with Crippen LogP contribution in [0, 0.1) is 5.41 Å². The van der Waals surface area contributed by atoms with E-state index in [-0.39, 0.29) is 11.3 Å². The van der Waals surface area contributed by atoms with Crippen LogP contribution in [0.25, 0.3) is 0 Å². The van der Waals surface area contributed by atoms with Gasteiger partial charge in [0.25, 0.3) is 0 Å². The summed E-state index contributed by atoms with van der Waals surface area (Å²) in [4.78, 5) is 14.8. The SMILES string of the molecule is CCN(Cc1ccccc1)C(=O)C1(COC)CCNC1. The molecule has 1 saturated heterocycles. The first-order valence-corrected chi connectivity index (χ1v) is 7.25. The second-order valence-electron chi connectivity index (χ2n) is 5.45. The van der Waals surface area contributed by atoms with E-state index >= 15 is 0 Å². The lowest BCUT2D eigenvalue weighted by molar-refractivity contribution is -0.144. The zero-order chi connectivity index (χ0) is 14.4. The molecule has 0 aromatic heterocycles. The summed E-state index contributed by atoms with van der Waals surface area (Å²) >= 11 is 0. The van der Waals surface area contributed by atoms with E-state index in [0.29, 0.717) is 19.7 Å². The minimum absolute atomic E-state index is 0.204. The standard InChI is InChI=1S/C16H24N2O2/c1-3-18(11-14-7-5-4-6-8-14)15(19)16(13-20-2)9-10-17-12-16/h4-8,17H,3,9-13H2,1-2H3. The second kappa shape index (κ2) is 6.86. The number of carbonyl (C=O) groups excluding carboxylic acids is 1. The Balaban J connectivity index is 2.11. The molecule has 4 heteroatoms. The van der Waals surface area contributed by atoms with Crippen LogP contribution in [-0.2, 0) is 16.1 Å². The minimum Gasteiger partial charge on any atom is -0.384 e. The Morgan fingerprint density at radius 1 is 1.40 bits per heavy atom. The predicted octanol–water partition coefficient (Wildman–Crippen LogP) is 1.66. The number of benzene rings is 1. The molecule has 1 N–H and O–H groups in total. The molecule has 2 rings (SSSR count). The Morgan fingerprint density at radius 2 is 2.15 bits per heavy atom. The number of carbonyl (C=O) groups is 1. The third-order valence-corrected chi connectivity index (χ3v) is 4.00. The number of rotatable bonds is 6. The maximum atomic E-state index is 12.9. The molecule has 1 amide bonds. The molecule has 0 radical (unpaired) electrons. The monoisotopic (exact) mass is 276 g/mol. The van der Waals surface area contributed by atoms with Crippen molar-refractivity contribution in [3.63, 3.8) is 0 Å². The van der Waals surface area contributed by atoms with Crippen molar-refractivity contribution in [2.45, 2.75) is 19.9 Å².